The van der Waals surface area contributed by atoms with Crippen molar-refractivity contribution in [2.75, 3.05) is 5.75 Å². The largest absolute Gasteiger partial charge is 0.467 e. The number of furan rings is 1. The van der Waals surface area contributed by atoms with Gasteiger partial charge in [0.05, 0.1) is 23.9 Å². The van der Waals surface area contributed by atoms with Crippen LogP contribution >= 0.6 is 23.1 Å². The molecule has 0 fully saturated rings. The standard InChI is InChI=1S/C21H24N4O4S2/c1-3-25-19(27)17-14-7-6-12(2)9-15(14)31-18(17)24-21(25)30-11-16(26)23-20(28)22-10-13-5-4-8-29-13/h4-5,8,12H,3,6-7,9-11H2,1-2H3,(H2,22,23,26,28). The van der Waals surface area contributed by atoms with Crippen molar-refractivity contribution in [3.05, 3.63) is 45.0 Å². The van der Waals surface area contributed by atoms with E-state index in [0.717, 1.165) is 46.8 Å². The lowest BCUT2D eigenvalue weighted by atomic mass is 9.89. The Labute approximate surface area is 187 Å². The molecule has 8 nitrogen and oxygen atoms in total. The van der Waals surface area contributed by atoms with Crippen molar-refractivity contribution in [1.29, 1.82) is 0 Å². The number of aromatic nitrogens is 2. The molecule has 1 aliphatic carbocycles. The van der Waals surface area contributed by atoms with E-state index in [1.54, 1.807) is 28.0 Å². The van der Waals surface area contributed by atoms with E-state index >= 15 is 0 Å². The number of carbonyl (C=O) groups is 2. The molecule has 0 bridgehead atoms. The summed E-state index contributed by atoms with van der Waals surface area (Å²) in [6.45, 7) is 4.78. The quantitative estimate of drug-likeness (QED) is 0.432. The van der Waals surface area contributed by atoms with Crippen LogP contribution in [0.2, 0.25) is 0 Å². The zero-order valence-electron chi connectivity index (χ0n) is 17.4. The molecule has 1 atom stereocenters. The van der Waals surface area contributed by atoms with Crippen LogP contribution in [-0.2, 0) is 30.7 Å². The maximum absolute atomic E-state index is 13.2. The molecule has 0 spiro atoms. The van der Waals surface area contributed by atoms with Crippen molar-refractivity contribution in [2.24, 2.45) is 5.92 Å². The minimum Gasteiger partial charge on any atom is -0.467 e. The fourth-order valence-corrected chi connectivity index (χ4v) is 6.00. The number of amides is 3. The van der Waals surface area contributed by atoms with E-state index in [9.17, 15) is 14.4 Å². The van der Waals surface area contributed by atoms with Gasteiger partial charge in [0.1, 0.15) is 10.6 Å². The van der Waals surface area contributed by atoms with Crippen LogP contribution in [0.5, 0.6) is 0 Å². The summed E-state index contributed by atoms with van der Waals surface area (Å²) in [4.78, 5) is 44.0. The van der Waals surface area contributed by atoms with Crippen molar-refractivity contribution < 1.29 is 14.0 Å². The summed E-state index contributed by atoms with van der Waals surface area (Å²) in [5.74, 6) is 0.729. The fraction of sp³-hybridized carbons (Fsp3) is 0.429. The van der Waals surface area contributed by atoms with Gasteiger partial charge in [-0.25, -0.2) is 9.78 Å². The highest BCUT2D eigenvalue weighted by atomic mass is 32.2. The van der Waals surface area contributed by atoms with Crippen molar-refractivity contribution in [2.45, 2.75) is 51.4 Å². The monoisotopic (exact) mass is 460 g/mol. The lowest BCUT2D eigenvalue weighted by Gasteiger charge is -2.17. The molecule has 31 heavy (non-hydrogen) atoms. The van der Waals surface area contributed by atoms with Crippen LogP contribution < -0.4 is 16.2 Å². The van der Waals surface area contributed by atoms with Gasteiger partial charge in [-0.2, -0.15) is 0 Å². The van der Waals surface area contributed by atoms with Crippen molar-refractivity contribution in [3.63, 3.8) is 0 Å². The third kappa shape index (κ3) is 4.69. The van der Waals surface area contributed by atoms with E-state index in [1.165, 1.54) is 11.1 Å². The van der Waals surface area contributed by atoms with Gasteiger partial charge in [0, 0.05) is 11.4 Å². The summed E-state index contributed by atoms with van der Waals surface area (Å²) in [6, 6.07) is 2.85. The predicted octanol–water partition coefficient (Wildman–Crippen LogP) is 3.31. The Bertz CT molecular complexity index is 1170. The predicted molar refractivity (Wildman–Crippen MR) is 121 cm³/mol. The Balaban J connectivity index is 1.44. The average molecular weight is 461 g/mol. The van der Waals surface area contributed by atoms with Crippen molar-refractivity contribution in [3.8, 4) is 0 Å². The first-order valence-corrected chi connectivity index (χ1v) is 12.0. The van der Waals surface area contributed by atoms with Crippen LogP contribution in [0, 0.1) is 5.92 Å². The van der Waals surface area contributed by atoms with Crippen LogP contribution in [0.15, 0.2) is 32.8 Å². The first-order chi connectivity index (χ1) is 15.0. The van der Waals surface area contributed by atoms with E-state index in [2.05, 4.69) is 17.6 Å². The summed E-state index contributed by atoms with van der Waals surface area (Å²) in [5, 5.41) is 6.07. The molecule has 0 saturated heterocycles. The summed E-state index contributed by atoms with van der Waals surface area (Å²) in [6.07, 6.45) is 4.50. The number of hydrogen-bond acceptors (Lipinski definition) is 7. The third-order valence-corrected chi connectivity index (χ3v) is 7.41. The molecule has 0 radical (unpaired) electrons. The van der Waals surface area contributed by atoms with E-state index in [4.69, 9.17) is 9.40 Å². The molecular formula is C21H24N4O4S2. The molecule has 0 aromatic carbocycles. The summed E-state index contributed by atoms with van der Waals surface area (Å²) in [7, 11) is 0. The Morgan fingerprint density at radius 2 is 2.26 bits per heavy atom. The van der Waals surface area contributed by atoms with Gasteiger partial charge in [-0.3, -0.25) is 19.5 Å². The van der Waals surface area contributed by atoms with Gasteiger partial charge in [0.2, 0.25) is 5.91 Å². The number of hydrogen-bond donors (Lipinski definition) is 2. The molecule has 0 saturated carbocycles. The van der Waals surface area contributed by atoms with Crippen LogP contribution in [0.3, 0.4) is 0 Å². The lowest BCUT2D eigenvalue weighted by molar-refractivity contribution is -0.117. The number of thioether (sulfide) groups is 1. The molecule has 3 aromatic rings. The Morgan fingerprint density at radius 1 is 1.42 bits per heavy atom. The van der Waals surface area contributed by atoms with E-state index in [-0.39, 0.29) is 17.9 Å². The van der Waals surface area contributed by atoms with Crippen LogP contribution in [0.25, 0.3) is 10.2 Å². The maximum atomic E-state index is 13.2. The fourth-order valence-electron chi connectivity index (χ4n) is 3.71. The summed E-state index contributed by atoms with van der Waals surface area (Å²) < 4.78 is 6.74. The van der Waals surface area contributed by atoms with E-state index in [1.807, 2.05) is 6.92 Å². The van der Waals surface area contributed by atoms with Crippen molar-refractivity contribution in [1.82, 2.24) is 20.2 Å². The first-order valence-electron chi connectivity index (χ1n) is 10.2. The second kappa shape index (κ2) is 9.27. The van der Waals surface area contributed by atoms with Gasteiger partial charge in [-0.15, -0.1) is 11.3 Å². The Morgan fingerprint density at radius 3 is 3.00 bits per heavy atom. The number of carbonyl (C=O) groups excluding carboxylic acids is 2. The highest BCUT2D eigenvalue weighted by molar-refractivity contribution is 7.99. The number of aryl methyl sites for hydroxylation is 1. The minimum absolute atomic E-state index is 0.0196. The van der Waals surface area contributed by atoms with Gasteiger partial charge in [-0.1, -0.05) is 18.7 Å². The maximum Gasteiger partial charge on any atom is 0.321 e. The molecule has 3 amide bonds. The Kier molecular flexibility index (Phi) is 6.47. The zero-order chi connectivity index (χ0) is 22.0. The van der Waals surface area contributed by atoms with Gasteiger partial charge in [-0.05, 0) is 49.8 Å². The molecule has 2 N–H and O–H groups in total. The first kappa shape index (κ1) is 21.6. The van der Waals surface area contributed by atoms with Gasteiger partial charge >= 0.3 is 6.03 Å². The molecule has 1 unspecified atom stereocenters. The minimum atomic E-state index is -0.599. The van der Waals surface area contributed by atoms with Gasteiger partial charge in [0.25, 0.3) is 5.56 Å². The second-order valence-electron chi connectivity index (χ2n) is 7.57. The number of nitrogens with one attached hydrogen (secondary N) is 2. The van der Waals surface area contributed by atoms with Gasteiger partial charge < -0.3 is 9.73 Å². The smallest absolute Gasteiger partial charge is 0.321 e. The SMILES string of the molecule is CCn1c(SCC(=O)NC(=O)NCc2ccco2)nc2sc3c(c2c1=O)CCC(C)C3. The Hall–Kier alpha value is -2.59. The lowest BCUT2D eigenvalue weighted by Crippen LogP contribution is -2.40. The number of imide groups is 1. The van der Waals surface area contributed by atoms with Crippen molar-refractivity contribution >= 4 is 45.3 Å². The molecule has 4 rings (SSSR count). The highest BCUT2D eigenvalue weighted by Crippen LogP contribution is 2.36. The normalized spacial score (nSPS) is 15.6. The summed E-state index contributed by atoms with van der Waals surface area (Å²) in [5.41, 5.74) is 1.11. The molecule has 1 aliphatic rings. The number of nitrogens with zero attached hydrogens (tertiary/aromatic N) is 2. The van der Waals surface area contributed by atoms with Crippen LogP contribution in [0.1, 0.15) is 36.5 Å². The third-order valence-electron chi connectivity index (χ3n) is 5.29. The zero-order valence-corrected chi connectivity index (χ0v) is 19.0. The van der Waals surface area contributed by atoms with Crippen LogP contribution in [-0.4, -0.2) is 27.2 Å². The van der Waals surface area contributed by atoms with Gasteiger partial charge in [0.15, 0.2) is 5.16 Å². The summed E-state index contributed by atoms with van der Waals surface area (Å²) >= 11 is 2.75. The highest BCUT2D eigenvalue weighted by Gasteiger charge is 2.24. The van der Waals surface area contributed by atoms with E-state index in [0.29, 0.717) is 23.4 Å². The molecule has 3 heterocycles. The molecular weight excluding hydrogens is 436 g/mol. The molecule has 164 valence electrons. The molecule has 0 aliphatic heterocycles. The molecule has 10 heteroatoms. The second-order valence-corrected chi connectivity index (χ2v) is 9.60. The topological polar surface area (TPSA) is 106 Å². The number of urea groups is 1. The number of rotatable bonds is 6. The number of fused-ring (bicyclic) bond motifs is 3. The average Bonchev–Trinajstić information content (AvgIpc) is 3.37. The van der Waals surface area contributed by atoms with E-state index < -0.39 is 11.9 Å². The molecule has 3 aromatic heterocycles. The van der Waals surface area contributed by atoms with Crippen LogP contribution in [0.4, 0.5) is 4.79 Å². The number of thiophene rings is 1.